The standard InChI is InChI=1S/C13H19ClN2S/c1-15-10-11-9-12(14)3-4-13(11)16-5-2-7-17-8-6-16/h3-4,9,15H,2,5-8,10H2,1H3. The molecule has 0 bridgehead atoms. The van der Waals surface area contributed by atoms with Crippen molar-refractivity contribution in [1.82, 2.24) is 5.32 Å². The lowest BCUT2D eigenvalue weighted by Gasteiger charge is -2.25. The van der Waals surface area contributed by atoms with E-state index in [-0.39, 0.29) is 0 Å². The third-order valence-electron chi connectivity index (χ3n) is 2.97. The Morgan fingerprint density at radius 1 is 1.35 bits per heavy atom. The summed E-state index contributed by atoms with van der Waals surface area (Å²) < 4.78 is 0. The summed E-state index contributed by atoms with van der Waals surface area (Å²) >= 11 is 8.13. The molecule has 2 nitrogen and oxygen atoms in total. The summed E-state index contributed by atoms with van der Waals surface area (Å²) in [6.45, 7) is 3.17. The third-order valence-corrected chi connectivity index (χ3v) is 4.26. The number of nitrogens with zero attached hydrogens (tertiary/aromatic N) is 1. The molecule has 1 aromatic carbocycles. The summed E-state index contributed by atoms with van der Waals surface area (Å²) in [6.07, 6.45) is 1.27. The molecule has 0 aliphatic carbocycles. The van der Waals surface area contributed by atoms with Crippen LogP contribution in [-0.2, 0) is 6.54 Å². The Morgan fingerprint density at radius 2 is 2.24 bits per heavy atom. The number of thioether (sulfide) groups is 1. The van der Waals surface area contributed by atoms with E-state index in [0.29, 0.717) is 0 Å². The molecule has 0 spiro atoms. The van der Waals surface area contributed by atoms with E-state index in [9.17, 15) is 0 Å². The summed E-state index contributed by atoms with van der Waals surface area (Å²) in [6, 6.07) is 6.23. The van der Waals surface area contributed by atoms with Crippen LogP contribution in [0.3, 0.4) is 0 Å². The molecule has 0 atom stereocenters. The number of halogens is 1. The molecule has 17 heavy (non-hydrogen) atoms. The molecular formula is C13H19ClN2S. The summed E-state index contributed by atoms with van der Waals surface area (Å²) in [5.74, 6) is 2.51. The minimum atomic E-state index is 0.822. The molecule has 1 aliphatic rings. The Kier molecular flexibility index (Phi) is 5.01. The normalized spacial score (nSPS) is 16.9. The van der Waals surface area contributed by atoms with Gasteiger partial charge in [-0.05, 0) is 43.0 Å². The SMILES string of the molecule is CNCc1cc(Cl)ccc1N1CCCSCC1. The van der Waals surface area contributed by atoms with Crippen LogP contribution in [0.25, 0.3) is 0 Å². The summed E-state index contributed by atoms with van der Waals surface area (Å²) in [5.41, 5.74) is 2.64. The minimum absolute atomic E-state index is 0.822. The molecule has 0 radical (unpaired) electrons. The fraction of sp³-hybridized carbons (Fsp3) is 0.538. The van der Waals surface area contributed by atoms with Crippen molar-refractivity contribution < 1.29 is 0 Å². The van der Waals surface area contributed by atoms with Gasteiger partial charge >= 0.3 is 0 Å². The van der Waals surface area contributed by atoms with Gasteiger partial charge in [-0.15, -0.1) is 0 Å². The van der Waals surface area contributed by atoms with E-state index < -0.39 is 0 Å². The molecule has 1 aromatic rings. The molecule has 2 rings (SSSR count). The van der Waals surface area contributed by atoms with E-state index in [2.05, 4.69) is 34.1 Å². The van der Waals surface area contributed by atoms with Crippen LogP contribution in [0.4, 0.5) is 5.69 Å². The van der Waals surface area contributed by atoms with Gasteiger partial charge in [0.1, 0.15) is 0 Å². The second-order valence-electron chi connectivity index (χ2n) is 4.26. The lowest BCUT2D eigenvalue weighted by molar-refractivity contribution is 0.780. The first kappa shape index (κ1) is 13.1. The first-order valence-electron chi connectivity index (χ1n) is 6.07. The van der Waals surface area contributed by atoms with Gasteiger partial charge in [0.05, 0.1) is 0 Å². The highest BCUT2D eigenvalue weighted by atomic mass is 35.5. The maximum atomic E-state index is 6.07. The van der Waals surface area contributed by atoms with E-state index in [1.165, 1.54) is 29.2 Å². The van der Waals surface area contributed by atoms with Gasteiger partial charge in [-0.25, -0.2) is 0 Å². The van der Waals surface area contributed by atoms with Crippen molar-refractivity contribution in [2.24, 2.45) is 0 Å². The second kappa shape index (κ2) is 6.53. The Hall–Kier alpha value is -0.380. The maximum absolute atomic E-state index is 6.07. The van der Waals surface area contributed by atoms with Crippen molar-refractivity contribution in [3.63, 3.8) is 0 Å². The highest BCUT2D eigenvalue weighted by molar-refractivity contribution is 7.99. The fourth-order valence-electron chi connectivity index (χ4n) is 2.18. The van der Waals surface area contributed by atoms with E-state index >= 15 is 0 Å². The molecule has 1 fully saturated rings. The molecular weight excluding hydrogens is 252 g/mol. The van der Waals surface area contributed by atoms with Gasteiger partial charge in [0, 0.05) is 36.1 Å². The van der Waals surface area contributed by atoms with Crippen molar-refractivity contribution in [3.05, 3.63) is 28.8 Å². The van der Waals surface area contributed by atoms with Gasteiger partial charge < -0.3 is 10.2 Å². The number of nitrogens with one attached hydrogen (secondary N) is 1. The highest BCUT2D eigenvalue weighted by Crippen LogP contribution is 2.26. The van der Waals surface area contributed by atoms with E-state index in [0.717, 1.165) is 24.7 Å². The summed E-state index contributed by atoms with van der Waals surface area (Å²) in [5, 5.41) is 4.04. The highest BCUT2D eigenvalue weighted by Gasteiger charge is 2.13. The summed E-state index contributed by atoms with van der Waals surface area (Å²) in [4.78, 5) is 2.49. The lowest BCUT2D eigenvalue weighted by Crippen LogP contribution is -2.27. The first-order chi connectivity index (χ1) is 8.31. The van der Waals surface area contributed by atoms with Crippen LogP contribution in [0.5, 0.6) is 0 Å². The number of anilines is 1. The molecule has 1 N–H and O–H groups in total. The van der Waals surface area contributed by atoms with Crippen molar-refractivity contribution in [1.29, 1.82) is 0 Å². The smallest absolute Gasteiger partial charge is 0.0413 e. The van der Waals surface area contributed by atoms with E-state index in [4.69, 9.17) is 11.6 Å². The molecule has 0 saturated carbocycles. The maximum Gasteiger partial charge on any atom is 0.0413 e. The molecule has 4 heteroatoms. The predicted octanol–water partition coefficient (Wildman–Crippen LogP) is 3.00. The van der Waals surface area contributed by atoms with Crippen LogP contribution in [0, 0.1) is 0 Å². The zero-order valence-corrected chi connectivity index (χ0v) is 11.8. The Morgan fingerprint density at radius 3 is 3.06 bits per heavy atom. The largest absolute Gasteiger partial charge is 0.370 e. The van der Waals surface area contributed by atoms with Gasteiger partial charge in [-0.2, -0.15) is 11.8 Å². The molecule has 1 aliphatic heterocycles. The number of hydrogen-bond donors (Lipinski definition) is 1. The van der Waals surface area contributed by atoms with Gasteiger partial charge in [-0.3, -0.25) is 0 Å². The van der Waals surface area contributed by atoms with Crippen LogP contribution in [-0.4, -0.2) is 31.6 Å². The van der Waals surface area contributed by atoms with Crippen molar-refractivity contribution in [3.8, 4) is 0 Å². The molecule has 1 heterocycles. The van der Waals surface area contributed by atoms with Crippen LogP contribution < -0.4 is 10.2 Å². The minimum Gasteiger partial charge on any atom is -0.370 e. The van der Waals surface area contributed by atoms with Gasteiger partial charge in [0.15, 0.2) is 0 Å². The molecule has 1 saturated heterocycles. The third kappa shape index (κ3) is 3.54. The lowest BCUT2D eigenvalue weighted by atomic mass is 10.1. The second-order valence-corrected chi connectivity index (χ2v) is 5.92. The zero-order valence-electron chi connectivity index (χ0n) is 10.2. The van der Waals surface area contributed by atoms with Crippen LogP contribution in [0.2, 0.25) is 5.02 Å². The van der Waals surface area contributed by atoms with Gasteiger partial charge in [0.2, 0.25) is 0 Å². The molecule has 0 amide bonds. The zero-order chi connectivity index (χ0) is 12.1. The monoisotopic (exact) mass is 270 g/mol. The first-order valence-corrected chi connectivity index (χ1v) is 7.60. The Bertz CT molecular complexity index is 362. The summed E-state index contributed by atoms with van der Waals surface area (Å²) in [7, 11) is 1.98. The van der Waals surface area contributed by atoms with Gasteiger partial charge in [-0.1, -0.05) is 11.6 Å². The molecule has 94 valence electrons. The van der Waals surface area contributed by atoms with Crippen molar-refractivity contribution in [2.75, 3.05) is 36.5 Å². The fourth-order valence-corrected chi connectivity index (χ4v) is 3.26. The molecule has 0 unspecified atom stereocenters. The molecule has 0 aromatic heterocycles. The number of rotatable bonds is 3. The van der Waals surface area contributed by atoms with Gasteiger partial charge in [0.25, 0.3) is 0 Å². The Balaban J connectivity index is 2.22. The average molecular weight is 271 g/mol. The van der Waals surface area contributed by atoms with Crippen LogP contribution in [0.1, 0.15) is 12.0 Å². The average Bonchev–Trinajstić information content (AvgIpc) is 2.58. The quantitative estimate of drug-likeness (QED) is 0.909. The predicted molar refractivity (Wildman–Crippen MR) is 78.4 cm³/mol. The Labute approximate surface area is 113 Å². The van der Waals surface area contributed by atoms with Crippen molar-refractivity contribution >= 4 is 29.1 Å². The van der Waals surface area contributed by atoms with E-state index in [1.807, 2.05) is 13.1 Å². The topological polar surface area (TPSA) is 15.3 Å². The van der Waals surface area contributed by atoms with Crippen LogP contribution in [0.15, 0.2) is 18.2 Å². The number of benzene rings is 1. The van der Waals surface area contributed by atoms with Crippen LogP contribution >= 0.6 is 23.4 Å². The number of hydrogen-bond acceptors (Lipinski definition) is 3. The van der Waals surface area contributed by atoms with Crippen molar-refractivity contribution in [2.45, 2.75) is 13.0 Å². The van der Waals surface area contributed by atoms with E-state index in [1.54, 1.807) is 0 Å².